The zero-order chi connectivity index (χ0) is 12.3. The summed E-state index contributed by atoms with van der Waals surface area (Å²) in [5.74, 6) is 1.45. The van der Waals surface area contributed by atoms with Crippen LogP contribution in [0.5, 0.6) is 0 Å². The number of esters is 1. The highest BCUT2D eigenvalue weighted by atomic mass is 16.5. The van der Waals surface area contributed by atoms with E-state index in [0.29, 0.717) is 6.61 Å². The Morgan fingerprint density at radius 3 is 2.53 bits per heavy atom. The Bertz CT molecular complexity index is 258. The number of nitrogens with one attached hydrogen (secondary N) is 1. The maximum absolute atomic E-state index is 12.0. The molecule has 2 fully saturated rings. The molecule has 17 heavy (non-hydrogen) atoms. The molecule has 0 aromatic rings. The van der Waals surface area contributed by atoms with Crippen molar-refractivity contribution >= 4 is 5.97 Å². The standard InChI is InChI=1S/C13H24N2O2/c1-3-5-12(13(16)17-4-2)15-8-10-6-14-7-11(10)9-15/h10-12,14H,3-9H2,1-2H3/t10-,11+,12?. The Hall–Kier alpha value is -0.610. The molecule has 1 N–H and O–H groups in total. The van der Waals surface area contributed by atoms with Crippen LogP contribution in [-0.2, 0) is 9.53 Å². The third kappa shape index (κ3) is 2.80. The predicted octanol–water partition coefficient (Wildman–Crippen LogP) is 0.869. The molecule has 2 rings (SSSR count). The maximum atomic E-state index is 12.0. The van der Waals surface area contributed by atoms with Gasteiger partial charge in [-0.25, -0.2) is 0 Å². The van der Waals surface area contributed by atoms with E-state index in [2.05, 4.69) is 17.1 Å². The third-order valence-electron chi connectivity index (χ3n) is 3.98. The van der Waals surface area contributed by atoms with E-state index in [9.17, 15) is 4.79 Å². The average molecular weight is 240 g/mol. The van der Waals surface area contributed by atoms with Crippen molar-refractivity contribution < 1.29 is 9.53 Å². The van der Waals surface area contributed by atoms with E-state index in [1.165, 1.54) is 0 Å². The van der Waals surface area contributed by atoms with Crippen molar-refractivity contribution in [2.75, 3.05) is 32.8 Å². The van der Waals surface area contributed by atoms with Crippen LogP contribution < -0.4 is 5.32 Å². The molecule has 0 aromatic carbocycles. The van der Waals surface area contributed by atoms with Crippen LogP contribution >= 0.6 is 0 Å². The van der Waals surface area contributed by atoms with Gasteiger partial charge in [0.1, 0.15) is 6.04 Å². The van der Waals surface area contributed by atoms with Crippen molar-refractivity contribution in [2.45, 2.75) is 32.7 Å². The van der Waals surface area contributed by atoms with Gasteiger partial charge in [0, 0.05) is 13.1 Å². The molecule has 0 saturated carbocycles. The van der Waals surface area contributed by atoms with Crippen LogP contribution in [0.25, 0.3) is 0 Å². The largest absolute Gasteiger partial charge is 0.465 e. The molecule has 2 aliphatic heterocycles. The number of nitrogens with zero attached hydrogens (tertiary/aromatic N) is 1. The summed E-state index contributed by atoms with van der Waals surface area (Å²) in [4.78, 5) is 14.3. The second-order valence-corrected chi connectivity index (χ2v) is 5.19. The number of likely N-dealkylation sites (tertiary alicyclic amines) is 1. The van der Waals surface area contributed by atoms with E-state index < -0.39 is 0 Å². The quantitative estimate of drug-likeness (QED) is 0.724. The fraction of sp³-hybridized carbons (Fsp3) is 0.923. The van der Waals surface area contributed by atoms with Crippen molar-refractivity contribution in [3.8, 4) is 0 Å². The number of hydrogen-bond donors (Lipinski definition) is 1. The van der Waals surface area contributed by atoms with Crippen LogP contribution in [0.3, 0.4) is 0 Å². The van der Waals surface area contributed by atoms with E-state index in [4.69, 9.17) is 4.74 Å². The summed E-state index contributed by atoms with van der Waals surface area (Å²) in [7, 11) is 0. The molecule has 0 amide bonds. The predicted molar refractivity (Wildman–Crippen MR) is 66.8 cm³/mol. The van der Waals surface area contributed by atoms with Crippen molar-refractivity contribution in [3.05, 3.63) is 0 Å². The second kappa shape index (κ2) is 5.83. The number of hydrogen-bond acceptors (Lipinski definition) is 4. The van der Waals surface area contributed by atoms with E-state index in [0.717, 1.165) is 50.9 Å². The van der Waals surface area contributed by atoms with Crippen molar-refractivity contribution in [1.82, 2.24) is 10.2 Å². The Morgan fingerprint density at radius 2 is 2.00 bits per heavy atom. The molecular weight excluding hydrogens is 216 g/mol. The summed E-state index contributed by atoms with van der Waals surface area (Å²) in [6.07, 6.45) is 1.96. The van der Waals surface area contributed by atoms with Gasteiger partial charge in [0.2, 0.25) is 0 Å². The van der Waals surface area contributed by atoms with Crippen LogP contribution in [0.15, 0.2) is 0 Å². The molecule has 2 aliphatic rings. The van der Waals surface area contributed by atoms with Gasteiger partial charge in [-0.15, -0.1) is 0 Å². The minimum absolute atomic E-state index is 0.00875. The number of ether oxygens (including phenoxy) is 1. The molecule has 4 nitrogen and oxygen atoms in total. The van der Waals surface area contributed by atoms with Gasteiger partial charge in [0.25, 0.3) is 0 Å². The highest BCUT2D eigenvalue weighted by Gasteiger charge is 2.40. The van der Waals surface area contributed by atoms with E-state index in [-0.39, 0.29) is 12.0 Å². The first-order chi connectivity index (χ1) is 8.26. The number of fused-ring (bicyclic) bond motifs is 1. The van der Waals surface area contributed by atoms with Crippen LogP contribution in [0.2, 0.25) is 0 Å². The molecule has 98 valence electrons. The Balaban J connectivity index is 1.94. The zero-order valence-electron chi connectivity index (χ0n) is 10.9. The van der Waals surface area contributed by atoms with E-state index in [1.807, 2.05) is 6.92 Å². The number of carbonyl (C=O) groups excluding carboxylic acids is 1. The lowest BCUT2D eigenvalue weighted by Crippen LogP contribution is -2.42. The zero-order valence-corrected chi connectivity index (χ0v) is 10.9. The monoisotopic (exact) mass is 240 g/mol. The molecule has 2 heterocycles. The molecule has 0 aliphatic carbocycles. The van der Waals surface area contributed by atoms with Gasteiger partial charge in [-0.3, -0.25) is 9.69 Å². The molecule has 1 unspecified atom stereocenters. The van der Waals surface area contributed by atoms with E-state index >= 15 is 0 Å². The van der Waals surface area contributed by atoms with Crippen molar-refractivity contribution in [3.63, 3.8) is 0 Å². The lowest BCUT2D eigenvalue weighted by Gasteiger charge is -2.26. The van der Waals surface area contributed by atoms with Crippen LogP contribution in [-0.4, -0.2) is 49.7 Å². The van der Waals surface area contributed by atoms with Gasteiger partial charge in [-0.05, 0) is 38.3 Å². The van der Waals surface area contributed by atoms with Gasteiger partial charge in [0.05, 0.1) is 6.61 Å². The van der Waals surface area contributed by atoms with Crippen LogP contribution in [0.1, 0.15) is 26.7 Å². The summed E-state index contributed by atoms with van der Waals surface area (Å²) in [5, 5.41) is 3.43. The second-order valence-electron chi connectivity index (χ2n) is 5.19. The van der Waals surface area contributed by atoms with Gasteiger partial charge < -0.3 is 10.1 Å². The highest BCUT2D eigenvalue weighted by Crippen LogP contribution is 2.29. The highest BCUT2D eigenvalue weighted by molar-refractivity contribution is 5.75. The molecule has 4 heteroatoms. The van der Waals surface area contributed by atoms with Crippen LogP contribution in [0, 0.1) is 11.8 Å². The molecule has 0 radical (unpaired) electrons. The minimum Gasteiger partial charge on any atom is -0.465 e. The SMILES string of the molecule is CCCC(C(=O)OCC)N1C[C@H]2CNC[C@H]2C1. The van der Waals surface area contributed by atoms with Gasteiger partial charge in [0.15, 0.2) is 0 Å². The summed E-state index contributed by atoms with van der Waals surface area (Å²) in [6.45, 7) is 8.84. The first kappa shape index (κ1) is 12.8. The summed E-state index contributed by atoms with van der Waals surface area (Å²) < 4.78 is 5.19. The smallest absolute Gasteiger partial charge is 0.323 e. The third-order valence-corrected chi connectivity index (χ3v) is 3.98. The molecular formula is C13H24N2O2. The maximum Gasteiger partial charge on any atom is 0.323 e. The van der Waals surface area contributed by atoms with Crippen molar-refractivity contribution in [1.29, 1.82) is 0 Å². The fourth-order valence-electron chi connectivity index (χ4n) is 3.11. The van der Waals surface area contributed by atoms with Gasteiger partial charge >= 0.3 is 5.97 Å². The van der Waals surface area contributed by atoms with Gasteiger partial charge in [-0.2, -0.15) is 0 Å². The fourth-order valence-corrected chi connectivity index (χ4v) is 3.11. The van der Waals surface area contributed by atoms with Crippen molar-refractivity contribution in [2.24, 2.45) is 11.8 Å². The first-order valence-corrected chi connectivity index (χ1v) is 6.87. The lowest BCUT2D eigenvalue weighted by atomic mass is 10.0. The number of rotatable bonds is 5. The molecule has 0 spiro atoms. The van der Waals surface area contributed by atoms with E-state index in [1.54, 1.807) is 0 Å². The molecule has 0 aromatic heterocycles. The first-order valence-electron chi connectivity index (χ1n) is 6.87. The molecule has 3 atom stereocenters. The minimum atomic E-state index is -0.0257. The summed E-state index contributed by atoms with van der Waals surface area (Å²) in [5.41, 5.74) is 0. The molecule has 0 bridgehead atoms. The topological polar surface area (TPSA) is 41.6 Å². The Kier molecular flexibility index (Phi) is 4.40. The Labute approximate surface area is 104 Å². The summed E-state index contributed by atoms with van der Waals surface area (Å²) in [6, 6.07) is -0.00875. The van der Waals surface area contributed by atoms with Crippen LogP contribution in [0.4, 0.5) is 0 Å². The molecule has 2 saturated heterocycles. The van der Waals surface area contributed by atoms with Gasteiger partial charge in [-0.1, -0.05) is 13.3 Å². The Morgan fingerprint density at radius 1 is 1.35 bits per heavy atom. The lowest BCUT2D eigenvalue weighted by molar-refractivity contribution is -0.149. The number of carbonyl (C=O) groups is 1. The summed E-state index contributed by atoms with van der Waals surface area (Å²) >= 11 is 0. The average Bonchev–Trinajstić information content (AvgIpc) is 2.86. The normalized spacial score (nSPS) is 30.2.